The maximum Gasteiger partial charge on any atom is 0.276 e. The third-order valence-corrected chi connectivity index (χ3v) is 5.33. The number of rotatable bonds is 7. The van der Waals surface area contributed by atoms with Gasteiger partial charge >= 0.3 is 0 Å². The molecule has 0 aliphatic heterocycles. The number of hydrogen-bond donors (Lipinski definition) is 1. The van der Waals surface area contributed by atoms with Crippen LogP contribution in [0.2, 0.25) is 10.0 Å². The van der Waals surface area contributed by atoms with Gasteiger partial charge in [0.1, 0.15) is 5.75 Å². The summed E-state index contributed by atoms with van der Waals surface area (Å²) >= 11 is 15.3. The fourth-order valence-electron chi connectivity index (χ4n) is 2.81. The van der Waals surface area contributed by atoms with Crippen LogP contribution in [0.5, 0.6) is 5.75 Å². The zero-order valence-electron chi connectivity index (χ0n) is 16.0. The maximum atomic E-state index is 12.5. The Hall–Kier alpha value is -2.81. The van der Waals surface area contributed by atoms with Crippen molar-refractivity contribution in [1.82, 2.24) is 19.6 Å². The number of aromatic nitrogens is 4. The van der Waals surface area contributed by atoms with E-state index in [1.165, 1.54) is 4.68 Å². The molecular weight excluding hydrogens is 505 g/mol. The van der Waals surface area contributed by atoms with E-state index in [0.29, 0.717) is 28.0 Å². The van der Waals surface area contributed by atoms with Gasteiger partial charge < -0.3 is 10.1 Å². The normalized spacial score (nSPS) is 10.8. The summed E-state index contributed by atoms with van der Waals surface area (Å²) in [5.74, 6) is 0.284. The molecule has 2 aromatic carbocycles. The lowest BCUT2D eigenvalue weighted by Crippen LogP contribution is -2.14. The Kier molecular flexibility index (Phi) is 6.60. The highest BCUT2D eigenvalue weighted by Gasteiger charge is 2.12. The fraction of sp³-hybridized carbons (Fsp3) is 0.0952. The van der Waals surface area contributed by atoms with Crippen LogP contribution in [-0.2, 0) is 13.3 Å². The van der Waals surface area contributed by atoms with Crippen molar-refractivity contribution in [3.05, 3.63) is 92.9 Å². The van der Waals surface area contributed by atoms with E-state index in [1.807, 2.05) is 24.3 Å². The van der Waals surface area contributed by atoms with E-state index in [1.54, 1.807) is 47.5 Å². The van der Waals surface area contributed by atoms with E-state index in [9.17, 15) is 4.79 Å². The predicted molar refractivity (Wildman–Crippen MR) is 123 cm³/mol. The first-order valence-electron chi connectivity index (χ1n) is 9.16. The number of carbonyl (C=O) groups is 1. The Morgan fingerprint density at radius 1 is 1.10 bits per heavy atom. The van der Waals surface area contributed by atoms with Crippen LogP contribution >= 0.6 is 39.1 Å². The van der Waals surface area contributed by atoms with Crippen molar-refractivity contribution in [3.63, 3.8) is 0 Å². The molecule has 31 heavy (non-hydrogen) atoms. The highest BCUT2D eigenvalue weighted by atomic mass is 79.9. The summed E-state index contributed by atoms with van der Waals surface area (Å²) in [7, 11) is 0. The minimum absolute atomic E-state index is 0.144. The number of ether oxygens (including phenoxy) is 1. The lowest BCUT2D eigenvalue weighted by molar-refractivity contribution is 0.102. The van der Waals surface area contributed by atoms with Crippen LogP contribution in [0.15, 0.2) is 71.6 Å². The number of nitrogens with zero attached hydrogens (tertiary/aromatic N) is 4. The zero-order chi connectivity index (χ0) is 21.8. The summed E-state index contributed by atoms with van der Waals surface area (Å²) in [6.45, 7) is 0.688. The molecule has 1 amide bonds. The first kappa shape index (κ1) is 21.4. The van der Waals surface area contributed by atoms with Gasteiger partial charge in [0.25, 0.3) is 5.91 Å². The van der Waals surface area contributed by atoms with Gasteiger partial charge in [-0.2, -0.15) is 10.2 Å². The van der Waals surface area contributed by atoms with Crippen molar-refractivity contribution in [2.45, 2.75) is 13.3 Å². The van der Waals surface area contributed by atoms with E-state index in [4.69, 9.17) is 27.9 Å². The molecule has 0 aliphatic rings. The second-order valence-corrected chi connectivity index (χ2v) is 8.33. The molecule has 7 nitrogen and oxygen atoms in total. The lowest BCUT2D eigenvalue weighted by atomic mass is 10.2. The Bertz CT molecular complexity index is 1220. The predicted octanol–water partition coefficient (Wildman–Crippen LogP) is 5.49. The van der Waals surface area contributed by atoms with Gasteiger partial charge in [-0.15, -0.1) is 0 Å². The van der Waals surface area contributed by atoms with Gasteiger partial charge in [-0.25, -0.2) is 4.68 Å². The monoisotopic (exact) mass is 519 g/mol. The Morgan fingerprint density at radius 3 is 2.74 bits per heavy atom. The molecule has 4 rings (SSSR count). The smallest absolute Gasteiger partial charge is 0.276 e. The fourth-order valence-corrected chi connectivity index (χ4v) is 3.82. The van der Waals surface area contributed by atoms with Gasteiger partial charge in [0, 0.05) is 22.4 Å². The average Bonchev–Trinajstić information content (AvgIpc) is 3.37. The van der Waals surface area contributed by atoms with Crippen LogP contribution < -0.4 is 10.1 Å². The second kappa shape index (κ2) is 9.55. The van der Waals surface area contributed by atoms with E-state index in [0.717, 1.165) is 10.0 Å². The largest absolute Gasteiger partial charge is 0.470 e. The molecule has 2 heterocycles. The van der Waals surface area contributed by atoms with Crippen molar-refractivity contribution in [3.8, 4) is 5.75 Å². The molecule has 1 N–H and O–H groups in total. The number of benzene rings is 2. The molecule has 0 saturated carbocycles. The summed E-state index contributed by atoms with van der Waals surface area (Å²) < 4.78 is 9.68. The van der Waals surface area contributed by atoms with Crippen LogP contribution in [0.25, 0.3) is 0 Å². The van der Waals surface area contributed by atoms with Crippen LogP contribution in [-0.4, -0.2) is 25.5 Å². The number of amides is 1. The van der Waals surface area contributed by atoms with Gasteiger partial charge in [-0.3, -0.25) is 9.48 Å². The molecule has 0 unspecified atom stereocenters. The molecular formula is C21H16BrCl2N5O2. The molecule has 0 saturated heterocycles. The summed E-state index contributed by atoms with van der Waals surface area (Å²) in [5, 5.41) is 12.6. The lowest BCUT2D eigenvalue weighted by Gasteiger charge is -2.08. The molecule has 0 radical (unpaired) electrons. The van der Waals surface area contributed by atoms with Crippen LogP contribution in [0, 0.1) is 0 Å². The van der Waals surface area contributed by atoms with Crippen molar-refractivity contribution in [2.75, 3.05) is 5.32 Å². The molecule has 10 heteroatoms. The number of hydrogen-bond acceptors (Lipinski definition) is 4. The van der Waals surface area contributed by atoms with Gasteiger partial charge in [0.15, 0.2) is 12.4 Å². The first-order valence-corrected chi connectivity index (χ1v) is 10.7. The second-order valence-electron chi connectivity index (χ2n) is 6.60. The van der Waals surface area contributed by atoms with E-state index in [-0.39, 0.29) is 18.3 Å². The Balaban J connectivity index is 1.34. The molecule has 2 aromatic heterocycles. The zero-order valence-corrected chi connectivity index (χ0v) is 19.1. The van der Waals surface area contributed by atoms with Gasteiger partial charge in [0.05, 0.1) is 22.9 Å². The van der Waals surface area contributed by atoms with E-state index in [2.05, 4.69) is 31.4 Å². The average molecular weight is 521 g/mol. The summed E-state index contributed by atoms with van der Waals surface area (Å²) in [6, 6.07) is 14.4. The third-order valence-electron chi connectivity index (χ3n) is 4.24. The molecule has 0 aliphatic carbocycles. The quantitative estimate of drug-likeness (QED) is 0.350. The summed E-state index contributed by atoms with van der Waals surface area (Å²) in [6.07, 6.45) is 5.00. The van der Waals surface area contributed by atoms with Gasteiger partial charge in [-0.05, 0) is 57.9 Å². The van der Waals surface area contributed by atoms with E-state index < -0.39 is 0 Å². The maximum absolute atomic E-state index is 12.5. The van der Waals surface area contributed by atoms with Crippen molar-refractivity contribution in [1.29, 1.82) is 0 Å². The molecule has 0 spiro atoms. The number of carbonyl (C=O) groups excluding carboxylic acids is 1. The number of anilines is 1. The summed E-state index contributed by atoms with van der Waals surface area (Å²) in [5.41, 5.74) is 1.85. The van der Waals surface area contributed by atoms with Gasteiger partial charge in [0.2, 0.25) is 0 Å². The topological polar surface area (TPSA) is 74.0 Å². The highest BCUT2D eigenvalue weighted by Crippen LogP contribution is 2.28. The molecule has 0 fully saturated rings. The summed E-state index contributed by atoms with van der Waals surface area (Å²) in [4.78, 5) is 12.5. The highest BCUT2D eigenvalue weighted by molar-refractivity contribution is 9.10. The molecule has 0 bridgehead atoms. The van der Waals surface area contributed by atoms with Crippen LogP contribution in [0.3, 0.4) is 0 Å². The van der Waals surface area contributed by atoms with E-state index >= 15 is 0 Å². The van der Waals surface area contributed by atoms with Crippen molar-refractivity contribution in [2.24, 2.45) is 0 Å². The number of nitrogens with one attached hydrogen (secondary N) is 1. The van der Waals surface area contributed by atoms with Crippen LogP contribution in [0.1, 0.15) is 16.1 Å². The SMILES string of the molecule is O=C(Nc1cnn(Cc2cccc(Cl)c2)c1)c1ccn(COc2ccc(Cl)cc2Br)n1. The van der Waals surface area contributed by atoms with Gasteiger partial charge in [-0.1, -0.05) is 35.3 Å². The minimum Gasteiger partial charge on any atom is -0.470 e. The molecule has 158 valence electrons. The van der Waals surface area contributed by atoms with Crippen molar-refractivity contribution < 1.29 is 9.53 Å². The number of halogens is 3. The first-order chi connectivity index (χ1) is 15.0. The molecule has 4 aromatic rings. The third kappa shape index (κ3) is 5.66. The standard InChI is InChI=1S/C21H16BrCl2N5O2/c22-18-9-16(24)4-5-20(18)31-13-28-7-6-19(27-28)21(30)26-17-10-25-29(12-17)11-14-2-1-3-15(23)8-14/h1-10,12H,11,13H2,(H,26,30). The Morgan fingerprint density at radius 2 is 1.94 bits per heavy atom. The minimum atomic E-state index is -0.339. The Labute approximate surface area is 196 Å². The van der Waals surface area contributed by atoms with Crippen molar-refractivity contribution >= 4 is 50.7 Å². The van der Waals surface area contributed by atoms with Crippen LogP contribution in [0.4, 0.5) is 5.69 Å². The molecule has 0 atom stereocenters.